The Morgan fingerprint density at radius 2 is 1.91 bits per heavy atom. The van der Waals surface area contributed by atoms with Gasteiger partial charge in [-0.05, 0) is 37.7 Å². The quantitative estimate of drug-likeness (QED) is 0.583. The summed E-state index contributed by atoms with van der Waals surface area (Å²) >= 11 is 0. The van der Waals surface area contributed by atoms with Crippen LogP contribution in [0.25, 0.3) is 0 Å². The highest BCUT2D eigenvalue weighted by Crippen LogP contribution is 2.23. The van der Waals surface area contributed by atoms with Crippen LogP contribution >= 0.6 is 0 Å². The molecule has 1 unspecified atom stereocenters. The van der Waals surface area contributed by atoms with Gasteiger partial charge in [0.1, 0.15) is 0 Å². The molecular formula is C19H35N3. The summed E-state index contributed by atoms with van der Waals surface area (Å²) in [5, 5.41) is 0. The van der Waals surface area contributed by atoms with E-state index in [1.807, 2.05) is 12.3 Å². The number of aryl methyl sites for hydroxylation is 1. The van der Waals surface area contributed by atoms with Crippen molar-refractivity contribution < 1.29 is 0 Å². The SMILES string of the molecule is CCCCCC(C)N(CCC(C)(C)C)c1nccc(CC)n1. The fourth-order valence-electron chi connectivity index (χ4n) is 2.54. The van der Waals surface area contributed by atoms with E-state index >= 15 is 0 Å². The topological polar surface area (TPSA) is 29.0 Å². The lowest BCUT2D eigenvalue weighted by molar-refractivity contribution is 0.368. The van der Waals surface area contributed by atoms with Crippen LogP contribution in [0.4, 0.5) is 5.95 Å². The third-order valence-corrected chi connectivity index (χ3v) is 4.18. The van der Waals surface area contributed by atoms with Crippen LogP contribution in [0.3, 0.4) is 0 Å². The van der Waals surface area contributed by atoms with Crippen molar-refractivity contribution in [3.63, 3.8) is 0 Å². The highest BCUT2D eigenvalue weighted by Gasteiger charge is 2.20. The lowest BCUT2D eigenvalue weighted by Gasteiger charge is -2.32. The summed E-state index contributed by atoms with van der Waals surface area (Å²) in [6.07, 6.45) is 9.13. The van der Waals surface area contributed by atoms with E-state index in [0.717, 1.165) is 31.0 Å². The van der Waals surface area contributed by atoms with E-state index in [1.165, 1.54) is 25.7 Å². The number of anilines is 1. The minimum Gasteiger partial charge on any atom is -0.338 e. The molecule has 0 aliphatic carbocycles. The number of unbranched alkanes of at least 4 members (excludes halogenated alkanes) is 2. The number of aromatic nitrogens is 2. The summed E-state index contributed by atoms with van der Waals surface area (Å²) in [5.41, 5.74) is 1.47. The summed E-state index contributed by atoms with van der Waals surface area (Å²) in [6, 6.07) is 2.52. The Labute approximate surface area is 137 Å². The Hall–Kier alpha value is -1.12. The fraction of sp³-hybridized carbons (Fsp3) is 0.789. The molecule has 126 valence electrons. The van der Waals surface area contributed by atoms with Gasteiger partial charge in [0.2, 0.25) is 5.95 Å². The molecule has 1 rings (SSSR count). The average molecular weight is 306 g/mol. The van der Waals surface area contributed by atoms with Crippen molar-refractivity contribution >= 4 is 5.95 Å². The zero-order valence-electron chi connectivity index (χ0n) is 15.5. The third-order valence-electron chi connectivity index (χ3n) is 4.18. The van der Waals surface area contributed by atoms with Gasteiger partial charge in [0.25, 0.3) is 0 Å². The van der Waals surface area contributed by atoms with E-state index in [4.69, 9.17) is 4.98 Å². The minimum atomic E-state index is 0.337. The van der Waals surface area contributed by atoms with Gasteiger partial charge in [0.05, 0.1) is 0 Å². The molecule has 1 heterocycles. The minimum absolute atomic E-state index is 0.337. The van der Waals surface area contributed by atoms with Gasteiger partial charge in [-0.3, -0.25) is 0 Å². The van der Waals surface area contributed by atoms with Crippen molar-refractivity contribution in [3.8, 4) is 0 Å². The molecule has 0 fully saturated rings. The van der Waals surface area contributed by atoms with E-state index in [2.05, 4.69) is 51.4 Å². The van der Waals surface area contributed by atoms with Gasteiger partial charge in [-0.25, -0.2) is 9.97 Å². The number of rotatable bonds is 9. The third kappa shape index (κ3) is 6.76. The van der Waals surface area contributed by atoms with Crippen LogP contribution in [0.5, 0.6) is 0 Å². The number of hydrogen-bond acceptors (Lipinski definition) is 3. The van der Waals surface area contributed by atoms with Gasteiger partial charge in [0, 0.05) is 24.5 Å². The summed E-state index contributed by atoms with van der Waals surface area (Å²) in [6.45, 7) is 14.7. The first-order valence-electron chi connectivity index (χ1n) is 8.96. The smallest absolute Gasteiger partial charge is 0.225 e. The molecule has 3 nitrogen and oxygen atoms in total. The molecule has 0 aliphatic rings. The van der Waals surface area contributed by atoms with Crippen molar-refractivity contribution in [3.05, 3.63) is 18.0 Å². The predicted octanol–water partition coefficient (Wildman–Crippen LogP) is 5.25. The van der Waals surface area contributed by atoms with Crippen LogP contribution in [-0.2, 0) is 6.42 Å². The second kappa shape index (κ2) is 9.12. The lowest BCUT2D eigenvalue weighted by Crippen LogP contribution is -2.37. The Morgan fingerprint density at radius 3 is 2.50 bits per heavy atom. The zero-order valence-corrected chi connectivity index (χ0v) is 15.5. The van der Waals surface area contributed by atoms with E-state index in [9.17, 15) is 0 Å². The average Bonchev–Trinajstić information content (AvgIpc) is 2.47. The van der Waals surface area contributed by atoms with Crippen LogP contribution in [-0.4, -0.2) is 22.6 Å². The molecule has 0 saturated carbocycles. The largest absolute Gasteiger partial charge is 0.338 e. The Bertz CT molecular complexity index is 423. The maximum absolute atomic E-state index is 4.76. The van der Waals surface area contributed by atoms with Crippen molar-refractivity contribution in [2.75, 3.05) is 11.4 Å². The van der Waals surface area contributed by atoms with Crippen LogP contribution < -0.4 is 4.90 Å². The molecule has 0 spiro atoms. The van der Waals surface area contributed by atoms with Gasteiger partial charge in [-0.1, -0.05) is 53.9 Å². The number of hydrogen-bond donors (Lipinski definition) is 0. The second-order valence-corrected chi connectivity index (χ2v) is 7.55. The Balaban J connectivity index is 2.84. The molecule has 1 aromatic heterocycles. The molecule has 22 heavy (non-hydrogen) atoms. The van der Waals surface area contributed by atoms with Gasteiger partial charge in [-0.2, -0.15) is 0 Å². The van der Waals surface area contributed by atoms with Crippen LogP contribution in [0.2, 0.25) is 0 Å². The summed E-state index contributed by atoms with van der Waals surface area (Å²) < 4.78 is 0. The number of nitrogens with zero attached hydrogens (tertiary/aromatic N) is 3. The Kier molecular flexibility index (Phi) is 7.84. The van der Waals surface area contributed by atoms with Crippen LogP contribution in [0.15, 0.2) is 12.3 Å². The highest BCUT2D eigenvalue weighted by molar-refractivity contribution is 5.32. The monoisotopic (exact) mass is 305 g/mol. The van der Waals surface area contributed by atoms with Gasteiger partial charge >= 0.3 is 0 Å². The van der Waals surface area contributed by atoms with E-state index in [0.29, 0.717) is 11.5 Å². The van der Waals surface area contributed by atoms with Crippen LogP contribution in [0.1, 0.15) is 79.3 Å². The predicted molar refractivity (Wildman–Crippen MR) is 96.4 cm³/mol. The van der Waals surface area contributed by atoms with Crippen molar-refractivity contribution in [1.29, 1.82) is 0 Å². The van der Waals surface area contributed by atoms with Crippen molar-refractivity contribution in [1.82, 2.24) is 9.97 Å². The molecule has 1 aromatic rings. The normalized spacial score (nSPS) is 13.2. The fourth-order valence-corrected chi connectivity index (χ4v) is 2.54. The molecule has 0 radical (unpaired) electrons. The molecule has 0 aromatic carbocycles. The van der Waals surface area contributed by atoms with Gasteiger partial charge in [0.15, 0.2) is 0 Å². The van der Waals surface area contributed by atoms with Gasteiger partial charge < -0.3 is 4.90 Å². The molecular weight excluding hydrogens is 270 g/mol. The first-order chi connectivity index (χ1) is 10.4. The molecule has 1 atom stereocenters. The molecule has 0 saturated heterocycles. The zero-order chi connectivity index (χ0) is 16.6. The molecule has 0 aliphatic heterocycles. The Morgan fingerprint density at radius 1 is 1.18 bits per heavy atom. The van der Waals surface area contributed by atoms with Gasteiger partial charge in [-0.15, -0.1) is 0 Å². The first kappa shape index (κ1) is 18.9. The maximum Gasteiger partial charge on any atom is 0.225 e. The molecule has 0 amide bonds. The van der Waals surface area contributed by atoms with E-state index in [1.54, 1.807) is 0 Å². The first-order valence-corrected chi connectivity index (χ1v) is 8.96. The van der Waals surface area contributed by atoms with Crippen LogP contribution in [0, 0.1) is 5.41 Å². The summed E-state index contributed by atoms with van der Waals surface area (Å²) in [7, 11) is 0. The molecule has 3 heteroatoms. The van der Waals surface area contributed by atoms with Crippen molar-refractivity contribution in [2.24, 2.45) is 5.41 Å². The van der Waals surface area contributed by atoms with Crippen molar-refractivity contribution in [2.45, 2.75) is 86.1 Å². The maximum atomic E-state index is 4.76. The standard InChI is InChI=1S/C19H35N3/c1-7-9-10-11-16(3)22(15-13-19(4,5)6)18-20-14-12-17(8-2)21-18/h12,14,16H,7-11,13,15H2,1-6H3. The second-order valence-electron chi connectivity index (χ2n) is 7.55. The summed E-state index contributed by atoms with van der Waals surface area (Å²) in [4.78, 5) is 11.7. The lowest BCUT2D eigenvalue weighted by atomic mass is 9.92. The highest BCUT2D eigenvalue weighted by atomic mass is 15.3. The molecule has 0 N–H and O–H groups in total. The van der Waals surface area contributed by atoms with E-state index < -0.39 is 0 Å². The molecule has 0 bridgehead atoms. The van der Waals surface area contributed by atoms with E-state index in [-0.39, 0.29) is 0 Å². The summed E-state index contributed by atoms with van der Waals surface area (Å²) in [5.74, 6) is 0.910.